The number of aliphatic hydroxyl groups excluding tert-OH is 1. The molecule has 0 aromatic rings. The minimum atomic E-state index is -1.25. The van der Waals surface area contributed by atoms with Crippen molar-refractivity contribution in [1.82, 2.24) is 5.32 Å². The molecule has 0 aromatic carbocycles. The van der Waals surface area contributed by atoms with Gasteiger partial charge in [0.05, 0.1) is 6.10 Å². The fourth-order valence-corrected chi connectivity index (χ4v) is 6.64. The Bertz CT molecular complexity index is 570. The second-order valence-electron chi connectivity index (χ2n) is 9.58. The maximum atomic E-state index is 15.5. The van der Waals surface area contributed by atoms with Crippen LogP contribution < -0.4 is 5.32 Å². The average Bonchev–Trinajstić information content (AvgIpc) is 2.94. The van der Waals surface area contributed by atoms with Gasteiger partial charge in [0.15, 0.2) is 0 Å². The van der Waals surface area contributed by atoms with E-state index in [0.29, 0.717) is 25.2 Å². The van der Waals surface area contributed by atoms with E-state index in [1.54, 1.807) is 7.11 Å². The van der Waals surface area contributed by atoms with Gasteiger partial charge in [0, 0.05) is 7.11 Å². The first-order valence-corrected chi connectivity index (χ1v) is 10.7. The number of methoxy groups -OCH3 is 1. The number of hydrogen-bond donors (Lipinski definition) is 3. The summed E-state index contributed by atoms with van der Waals surface area (Å²) in [6, 6.07) is 0. The number of fused-ring (bicyclic) bond motifs is 4. The van der Waals surface area contributed by atoms with E-state index in [9.17, 15) is 10.2 Å². The summed E-state index contributed by atoms with van der Waals surface area (Å²) < 4.78 is 21.4. The molecule has 0 amide bonds. The zero-order valence-corrected chi connectivity index (χ0v) is 17.4. The number of rotatable bonds is 1. The highest BCUT2D eigenvalue weighted by molar-refractivity contribution is 5.31. The molecule has 5 heteroatoms. The second-order valence-corrected chi connectivity index (χ2v) is 9.58. The van der Waals surface area contributed by atoms with Crippen molar-refractivity contribution in [2.45, 2.75) is 88.2 Å². The van der Waals surface area contributed by atoms with Crippen molar-refractivity contribution in [1.29, 1.82) is 0 Å². The molecule has 4 nitrogen and oxygen atoms in total. The Morgan fingerprint density at radius 2 is 1.89 bits per heavy atom. The molecule has 0 heterocycles. The molecule has 4 aliphatic rings. The summed E-state index contributed by atoms with van der Waals surface area (Å²) in [7, 11) is 5.30. The first-order chi connectivity index (χ1) is 12.8. The second kappa shape index (κ2) is 7.74. The predicted octanol–water partition coefficient (Wildman–Crippen LogP) is 3.37. The van der Waals surface area contributed by atoms with Crippen molar-refractivity contribution < 1.29 is 19.3 Å². The SMILES string of the molecule is CNC.COC12C=C3CC(O)CCC3CC[C@]1(O)C1CCCC1(C)CC2F. The van der Waals surface area contributed by atoms with Crippen molar-refractivity contribution >= 4 is 0 Å². The molecule has 4 rings (SSSR count). The Morgan fingerprint density at radius 3 is 2.56 bits per heavy atom. The summed E-state index contributed by atoms with van der Waals surface area (Å²) in [4.78, 5) is 0. The van der Waals surface area contributed by atoms with Crippen LogP contribution in [-0.2, 0) is 4.74 Å². The predicted molar refractivity (Wildman–Crippen MR) is 105 cm³/mol. The normalized spacial score (nSPS) is 48.9. The van der Waals surface area contributed by atoms with Gasteiger partial charge in [0.2, 0.25) is 0 Å². The van der Waals surface area contributed by atoms with Gasteiger partial charge in [0.1, 0.15) is 17.4 Å². The Kier molecular flexibility index (Phi) is 6.08. The Labute approximate surface area is 163 Å². The Morgan fingerprint density at radius 1 is 1.19 bits per heavy atom. The number of aliphatic hydroxyl groups is 2. The fraction of sp³-hybridized carbons (Fsp3) is 0.909. The smallest absolute Gasteiger partial charge is 0.146 e. The van der Waals surface area contributed by atoms with Crippen molar-refractivity contribution in [3.05, 3.63) is 11.6 Å². The largest absolute Gasteiger partial charge is 0.393 e. The van der Waals surface area contributed by atoms with Gasteiger partial charge in [0.25, 0.3) is 0 Å². The van der Waals surface area contributed by atoms with E-state index < -0.39 is 17.4 Å². The third-order valence-corrected chi connectivity index (χ3v) is 7.90. The topological polar surface area (TPSA) is 61.7 Å². The van der Waals surface area contributed by atoms with Gasteiger partial charge in [-0.3, -0.25) is 0 Å². The number of hydrogen-bond acceptors (Lipinski definition) is 4. The first kappa shape index (κ1) is 21.2. The van der Waals surface area contributed by atoms with Gasteiger partial charge in [-0.25, -0.2) is 4.39 Å². The van der Waals surface area contributed by atoms with Crippen LogP contribution in [0.4, 0.5) is 4.39 Å². The van der Waals surface area contributed by atoms with Crippen molar-refractivity contribution in [3.63, 3.8) is 0 Å². The van der Waals surface area contributed by atoms with E-state index in [1.165, 1.54) is 0 Å². The van der Waals surface area contributed by atoms with Crippen molar-refractivity contribution in [3.8, 4) is 0 Å². The molecule has 0 bridgehead atoms. The standard InChI is InChI=1S/C20H31FO3.C2H7N/c1-18-8-3-4-16(18)19(23)9-7-13-5-6-15(22)10-14(13)11-20(19,24-2)17(21)12-18;1-3-2/h11,13,15-17,22-23H,3-10,12H2,1-2H3;3H,1-2H3/t13?,15?,16?,17?,18?,19-,20?;/m0./s1. The molecule has 0 aliphatic heterocycles. The number of ether oxygens (including phenoxy) is 1. The van der Waals surface area contributed by atoms with Crippen LogP contribution in [0.15, 0.2) is 11.6 Å². The highest BCUT2D eigenvalue weighted by Gasteiger charge is 2.68. The van der Waals surface area contributed by atoms with Crippen LogP contribution in [0.1, 0.15) is 64.7 Å². The zero-order valence-electron chi connectivity index (χ0n) is 17.4. The van der Waals surface area contributed by atoms with E-state index in [-0.39, 0.29) is 17.4 Å². The van der Waals surface area contributed by atoms with Crippen LogP contribution in [0.25, 0.3) is 0 Å². The summed E-state index contributed by atoms with van der Waals surface area (Å²) in [6.07, 6.45) is 7.67. The van der Waals surface area contributed by atoms with E-state index in [1.807, 2.05) is 20.2 Å². The molecule has 0 spiro atoms. The van der Waals surface area contributed by atoms with Gasteiger partial charge in [-0.15, -0.1) is 0 Å². The summed E-state index contributed by atoms with van der Waals surface area (Å²) in [5.41, 5.74) is -1.40. The van der Waals surface area contributed by atoms with Gasteiger partial charge in [-0.1, -0.05) is 18.9 Å². The van der Waals surface area contributed by atoms with Crippen LogP contribution in [-0.4, -0.2) is 54.9 Å². The third kappa shape index (κ3) is 3.29. The van der Waals surface area contributed by atoms with Crippen LogP contribution in [0, 0.1) is 17.3 Å². The van der Waals surface area contributed by atoms with Crippen molar-refractivity contribution in [2.24, 2.45) is 17.3 Å². The summed E-state index contributed by atoms with van der Waals surface area (Å²) in [5.74, 6) is 0.453. The molecule has 4 aliphatic carbocycles. The molecule has 27 heavy (non-hydrogen) atoms. The summed E-state index contributed by atoms with van der Waals surface area (Å²) in [6.45, 7) is 2.16. The molecule has 7 atom stereocenters. The molecule has 3 saturated carbocycles. The number of halogens is 1. The van der Waals surface area contributed by atoms with Gasteiger partial charge >= 0.3 is 0 Å². The minimum absolute atomic E-state index is 0.0962. The minimum Gasteiger partial charge on any atom is -0.393 e. The lowest BCUT2D eigenvalue weighted by atomic mass is 9.54. The van der Waals surface area contributed by atoms with Gasteiger partial charge in [-0.05, 0) is 88.8 Å². The van der Waals surface area contributed by atoms with Crippen molar-refractivity contribution in [2.75, 3.05) is 21.2 Å². The maximum absolute atomic E-state index is 15.5. The molecule has 0 aromatic heterocycles. The van der Waals surface area contributed by atoms with Gasteiger partial charge < -0.3 is 20.3 Å². The summed E-state index contributed by atoms with van der Waals surface area (Å²) >= 11 is 0. The van der Waals surface area contributed by atoms with E-state index >= 15 is 4.39 Å². The fourth-order valence-electron chi connectivity index (χ4n) is 6.64. The molecular formula is C22H38FNO3. The van der Waals surface area contributed by atoms with Crippen LogP contribution in [0.3, 0.4) is 0 Å². The quantitative estimate of drug-likeness (QED) is 0.608. The zero-order chi connectivity index (χ0) is 19.9. The molecule has 3 N–H and O–H groups in total. The first-order valence-electron chi connectivity index (χ1n) is 10.7. The summed E-state index contributed by atoms with van der Waals surface area (Å²) in [5, 5.41) is 24.7. The van der Waals surface area contributed by atoms with E-state index in [2.05, 4.69) is 12.2 Å². The van der Waals surface area contributed by atoms with Gasteiger partial charge in [-0.2, -0.15) is 0 Å². The van der Waals surface area contributed by atoms with E-state index in [0.717, 1.165) is 44.1 Å². The lowest BCUT2D eigenvalue weighted by Crippen LogP contribution is -2.69. The molecule has 3 fully saturated rings. The molecule has 0 radical (unpaired) electrons. The third-order valence-electron chi connectivity index (χ3n) is 7.90. The monoisotopic (exact) mass is 383 g/mol. The lowest BCUT2D eigenvalue weighted by Gasteiger charge is -2.58. The molecular weight excluding hydrogens is 345 g/mol. The van der Waals surface area contributed by atoms with Crippen LogP contribution in [0.2, 0.25) is 0 Å². The van der Waals surface area contributed by atoms with Crippen LogP contribution >= 0.6 is 0 Å². The molecule has 6 unspecified atom stereocenters. The Hall–Kier alpha value is -0.490. The number of nitrogens with one attached hydrogen (secondary N) is 1. The highest BCUT2D eigenvalue weighted by atomic mass is 19.1. The Balaban J connectivity index is 0.000000659. The maximum Gasteiger partial charge on any atom is 0.146 e. The number of alkyl halides is 1. The lowest BCUT2D eigenvalue weighted by molar-refractivity contribution is -0.247. The average molecular weight is 384 g/mol. The van der Waals surface area contributed by atoms with Crippen LogP contribution in [0.5, 0.6) is 0 Å². The van der Waals surface area contributed by atoms with E-state index in [4.69, 9.17) is 4.74 Å². The molecule has 156 valence electrons. The highest BCUT2D eigenvalue weighted by Crippen LogP contribution is 2.63. The molecule has 0 saturated heterocycles.